The molecule has 1 saturated heterocycles. The molecule has 12 nitrogen and oxygen atoms in total. The van der Waals surface area contributed by atoms with Gasteiger partial charge in [0.25, 0.3) is 0 Å². The summed E-state index contributed by atoms with van der Waals surface area (Å²) in [6, 6.07) is 6.73. The predicted octanol–water partition coefficient (Wildman–Crippen LogP) is 1.93. The smallest absolute Gasteiger partial charge is 0.310 e. The molecule has 0 bridgehead atoms. The molecule has 4 atom stereocenters. The molecule has 2 aromatic carbocycles. The summed E-state index contributed by atoms with van der Waals surface area (Å²) in [4.78, 5) is 26.5. The lowest BCUT2D eigenvalue weighted by molar-refractivity contribution is -0.141. The number of phenols is 1. The van der Waals surface area contributed by atoms with Gasteiger partial charge in [-0.2, -0.15) is 0 Å². The number of benzene rings is 2. The van der Waals surface area contributed by atoms with E-state index in [1.165, 1.54) is 14.2 Å². The van der Waals surface area contributed by atoms with Gasteiger partial charge in [-0.05, 0) is 92.9 Å². The number of carbonyl (C=O) groups excluding carboxylic acids is 2. The van der Waals surface area contributed by atoms with E-state index in [-0.39, 0.29) is 48.4 Å². The number of hydrogen-bond acceptors (Lipinski definition) is 11. The van der Waals surface area contributed by atoms with E-state index < -0.39 is 17.9 Å². The quantitative estimate of drug-likeness (QED) is 0.150. The lowest BCUT2D eigenvalue weighted by Gasteiger charge is -2.39. The molecule has 1 aliphatic carbocycles. The third-order valence-corrected chi connectivity index (χ3v) is 8.39. The first kappa shape index (κ1) is 30.7. The van der Waals surface area contributed by atoms with Crippen LogP contribution in [0.25, 0.3) is 0 Å². The molecule has 43 heavy (non-hydrogen) atoms. The number of esters is 1. The van der Waals surface area contributed by atoms with Crippen molar-refractivity contribution in [1.82, 2.24) is 16.0 Å². The van der Waals surface area contributed by atoms with Crippen LogP contribution in [0.4, 0.5) is 0 Å². The van der Waals surface area contributed by atoms with Crippen LogP contribution in [0.5, 0.6) is 28.7 Å². The van der Waals surface area contributed by atoms with Crippen LogP contribution in [-0.2, 0) is 14.3 Å². The Hall–Kier alpha value is -3.74. The van der Waals surface area contributed by atoms with Crippen LogP contribution in [0.2, 0.25) is 0 Å². The highest BCUT2D eigenvalue weighted by molar-refractivity contribution is 5.81. The van der Waals surface area contributed by atoms with Crippen LogP contribution in [0.15, 0.2) is 24.3 Å². The highest BCUT2D eigenvalue weighted by Crippen LogP contribution is 2.55. The van der Waals surface area contributed by atoms with E-state index in [9.17, 15) is 14.7 Å². The van der Waals surface area contributed by atoms with Crippen LogP contribution in [-0.4, -0.2) is 77.3 Å². The van der Waals surface area contributed by atoms with Crippen molar-refractivity contribution in [3.8, 4) is 28.7 Å². The zero-order valence-electron chi connectivity index (χ0n) is 24.8. The molecule has 2 unspecified atom stereocenters. The van der Waals surface area contributed by atoms with Gasteiger partial charge in [-0.15, -0.1) is 0 Å². The van der Waals surface area contributed by atoms with Crippen molar-refractivity contribution >= 4 is 11.9 Å². The Morgan fingerprint density at radius 2 is 1.56 bits per heavy atom. The molecular weight excluding hydrogens is 556 g/mol. The van der Waals surface area contributed by atoms with Crippen molar-refractivity contribution in [1.29, 1.82) is 0 Å². The first-order chi connectivity index (χ1) is 21.0. The summed E-state index contributed by atoms with van der Waals surface area (Å²) < 4.78 is 27.8. The number of hydrogen-bond donors (Lipinski definition) is 5. The molecule has 0 radical (unpaired) electrons. The van der Waals surface area contributed by atoms with Gasteiger partial charge >= 0.3 is 5.97 Å². The highest BCUT2D eigenvalue weighted by Gasteiger charge is 2.53. The van der Waals surface area contributed by atoms with Crippen LogP contribution in [0.1, 0.15) is 54.3 Å². The monoisotopic (exact) mass is 598 g/mol. The second kappa shape index (κ2) is 14.2. The number of rotatable bonds is 15. The molecule has 0 saturated carbocycles. The number of amides is 1. The average molecular weight is 599 g/mol. The number of ether oxygens (including phenoxy) is 5. The average Bonchev–Trinajstić information content (AvgIpc) is 3.63. The molecule has 1 fully saturated rings. The summed E-state index contributed by atoms with van der Waals surface area (Å²) in [5.74, 6) is -0.316. The summed E-state index contributed by atoms with van der Waals surface area (Å²) in [7, 11) is 2.92. The fourth-order valence-corrected chi connectivity index (χ4v) is 6.28. The molecular formula is C31H42N4O8. The normalized spacial score (nSPS) is 21.6. The maximum absolute atomic E-state index is 13.3. The number of fused-ring (bicyclic) bond motifs is 3. The number of methoxy groups -OCH3 is 2. The summed E-state index contributed by atoms with van der Waals surface area (Å²) >= 11 is 0. The molecule has 2 aliphatic heterocycles. The zero-order valence-corrected chi connectivity index (χ0v) is 24.8. The van der Waals surface area contributed by atoms with Crippen molar-refractivity contribution in [2.45, 2.75) is 37.6 Å². The largest absolute Gasteiger partial charge is 0.502 e. The number of carbonyl (C=O) groups is 2. The van der Waals surface area contributed by atoms with Crippen molar-refractivity contribution in [2.24, 2.45) is 17.6 Å². The van der Waals surface area contributed by atoms with E-state index in [1.54, 1.807) is 12.1 Å². The van der Waals surface area contributed by atoms with Gasteiger partial charge in [0.1, 0.15) is 0 Å². The standard InChI is InChI=1S/C31H42N4O8/c1-39-24-12-18(13-25(40-2)30(24)37)27-19-14-22-23(43-17-42-22)15-20(19)29(21-16-41-31(38)28(21)27)35-26(36)6-3-8-33-10-5-11-34-9-4-7-32/h12-15,21,27-29,33-34,37H,3-11,16-17,32H2,1-2H3,(H,35,36)/t21?,27?,28-,29+/m0/s1. The number of nitrogens with one attached hydrogen (secondary N) is 3. The summed E-state index contributed by atoms with van der Waals surface area (Å²) in [6.07, 6.45) is 3.01. The number of phenolic OH excluding ortho intramolecular Hbond substituents is 1. The summed E-state index contributed by atoms with van der Waals surface area (Å²) in [5.41, 5.74) is 7.87. The molecule has 234 valence electrons. The Bertz CT molecular complexity index is 1280. The van der Waals surface area contributed by atoms with Crippen LogP contribution >= 0.6 is 0 Å². The van der Waals surface area contributed by atoms with Crippen molar-refractivity contribution in [3.05, 3.63) is 41.0 Å². The highest BCUT2D eigenvalue weighted by atomic mass is 16.7. The van der Waals surface area contributed by atoms with E-state index in [4.69, 9.17) is 29.4 Å². The van der Waals surface area contributed by atoms with E-state index in [0.29, 0.717) is 36.4 Å². The third-order valence-electron chi connectivity index (χ3n) is 8.39. The minimum atomic E-state index is -0.586. The van der Waals surface area contributed by atoms with Crippen LogP contribution < -0.4 is 40.6 Å². The van der Waals surface area contributed by atoms with Gasteiger partial charge in [-0.25, -0.2) is 0 Å². The van der Waals surface area contributed by atoms with E-state index in [0.717, 1.165) is 50.1 Å². The van der Waals surface area contributed by atoms with Crippen LogP contribution in [0, 0.1) is 11.8 Å². The van der Waals surface area contributed by atoms with Gasteiger partial charge in [0, 0.05) is 18.3 Å². The number of cyclic esters (lactones) is 1. The number of nitrogens with two attached hydrogens (primary N) is 1. The molecule has 5 rings (SSSR count). The van der Waals surface area contributed by atoms with Gasteiger partial charge in [0.15, 0.2) is 23.0 Å². The molecule has 0 spiro atoms. The Kier molecular flexibility index (Phi) is 10.1. The third kappa shape index (κ3) is 6.61. The molecule has 2 heterocycles. The fourth-order valence-electron chi connectivity index (χ4n) is 6.28. The van der Waals surface area contributed by atoms with E-state index in [2.05, 4.69) is 16.0 Å². The maximum atomic E-state index is 13.3. The van der Waals surface area contributed by atoms with Gasteiger partial charge in [0.2, 0.25) is 18.4 Å². The second-order valence-corrected chi connectivity index (χ2v) is 11.1. The SMILES string of the molecule is COc1cc(C2c3cc4c(cc3[C@@H](NC(=O)CCCNCCCNCCCN)C3COC(=O)[C@H]23)OCO4)cc(OC)c1O. The Labute approximate surface area is 251 Å². The second-order valence-electron chi connectivity index (χ2n) is 11.1. The van der Waals surface area contributed by atoms with Gasteiger partial charge < -0.3 is 50.5 Å². The van der Waals surface area contributed by atoms with E-state index >= 15 is 0 Å². The molecule has 3 aliphatic rings. The lowest BCUT2D eigenvalue weighted by Crippen LogP contribution is -2.43. The lowest BCUT2D eigenvalue weighted by atomic mass is 9.65. The minimum absolute atomic E-state index is 0.0897. The molecule has 1 amide bonds. The first-order valence-electron chi connectivity index (χ1n) is 14.9. The van der Waals surface area contributed by atoms with E-state index in [1.807, 2.05) is 12.1 Å². The predicted molar refractivity (Wildman–Crippen MR) is 158 cm³/mol. The van der Waals surface area contributed by atoms with Crippen LogP contribution in [0.3, 0.4) is 0 Å². The summed E-state index contributed by atoms with van der Waals surface area (Å²) in [6.45, 7) is 4.42. The van der Waals surface area contributed by atoms with Gasteiger partial charge in [-0.1, -0.05) is 0 Å². The Morgan fingerprint density at radius 1 is 0.930 bits per heavy atom. The molecule has 12 heteroatoms. The van der Waals surface area contributed by atoms with Crippen molar-refractivity contribution in [2.75, 3.05) is 60.3 Å². The fraction of sp³-hybridized carbons (Fsp3) is 0.548. The summed E-state index contributed by atoms with van der Waals surface area (Å²) in [5, 5.41) is 20.5. The maximum Gasteiger partial charge on any atom is 0.310 e. The molecule has 0 aromatic heterocycles. The molecule has 2 aromatic rings. The van der Waals surface area contributed by atoms with Crippen molar-refractivity contribution in [3.63, 3.8) is 0 Å². The van der Waals surface area contributed by atoms with Crippen molar-refractivity contribution < 1.29 is 38.4 Å². The molecule has 6 N–H and O–H groups in total. The Balaban J connectivity index is 1.34. The first-order valence-corrected chi connectivity index (χ1v) is 14.9. The van der Waals surface area contributed by atoms with Gasteiger partial charge in [0.05, 0.1) is 32.8 Å². The topological polar surface area (TPSA) is 163 Å². The Morgan fingerprint density at radius 3 is 2.21 bits per heavy atom. The minimum Gasteiger partial charge on any atom is -0.502 e. The number of aromatic hydroxyl groups is 1. The van der Waals surface area contributed by atoms with Gasteiger partial charge in [-0.3, -0.25) is 9.59 Å². The zero-order chi connectivity index (χ0) is 30.3.